The molecule has 0 radical (unpaired) electrons. The summed E-state index contributed by atoms with van der Waals surface area (Å²) in [7, 11) is 1.27. The number of esters is 1. The molecule has 1 aliphatic rings. The number of halogens is 1. The topological polar surface area (TPSA) is 106 Å². The first-order chi connectivity index (χ1) is 18.9. The number of ether oxygens (including phenoxy) is 1. The molecule has 9 nitrogen and oxygen atoms in total. The van der Waals surface area contributed by atoms with E-state index < -0.39 is 29.6 Å². The minimum atomic E-state index is -1.14. The smallest absolute Gasteiger partial charge is 0.337 e. The van der Waals surface area contributed by atoms with E-state index >= 15 is 0 Å². The lowest BCUT2D eigenvalue weighted by Crippen LogP contribution is -2.47. The first-order valence-electron chi connectivity index (χ1n) is 12.8. The first kappa shape index (κ1) is 26.0. The van der Waals surface area contributed by atoms with Crippen LogP contribution in [0, 0.1) is 5.82 Å². The molecule has 0 saturated heterocycles. The monoisotopic (exact) mass is 529 g/mol. The predicted molar refractivity (Wildman–Crippen MR) is 142 cm³/mol. The van der Waals surface area contributed by atoms with E-state index in [4.69, 9.17) is 4.74 Å². The van der Waals surface area contributed by atoms with Gasteiger partial charge in [-0.05, 0) is 60.9 Å². The van der Waals surface area contributed by atoms with Crippen LogP contribution in [0.25, 0.3) is 11.0 Å². The van der Waals surface area contributed by atoms with Crippen LogP contribution in [-0.2, 0) is 20.9 Å². The van der Waals surface area contributed by atoms with Gasteiger partial charge in [0.05, 0.1) is 18.2 Å². The summed E-state index contributed by atoms with van der Waals surface area (Å²) in [5, 5.41) is 11.3. The van der Waals surface area contributed by atoms with Gasteiger partial charge in [0.15, 0.2) is 0 Å². The van der Waals surface area contributed by atoms with Crippen molar-refractivity contribution in [2.75, 3.05) is 12.0 Å². The molecule has 1 saturated carbocycles. The Morgan fingerprint density at radius 3 is 2.54 bits per heavy atom. The first-order valence-corrected chi connectivity index (χ1v) is 12.8. The fraction of sp³-hybridized carbons (Fsp3) is 0.276. The van der Waals surface area contributed by atoms with Crippen LogP contribution < -0.4 is 10.2 Å². The van der Waals surface area contributed by atoms with Crippen LogP contribution >= 0.6 is 0 Å². The van der Waals surface area contributed by atoms with Crippen molar-refractivity contribution < 1.29 is 23.5 Å². The summed E-state index contributed by atoms with van der Waals surface area (Å²) in [6, 6.07) is 17.9. The zero-order valence-corrected chi connectivity index (χ0v) is 21.4. The molecule has 1 heterocycles. The quantitative estimate of drug-likeness (QED) is 0.343. The Labute approximate surface area is 224 Å². The van der Waals surface area contributed by atoms with Crippen molar-refractivity contribution >= 4 is 34.5 Å². The Kier molecular flexibility index (Phi) is 7.62. The summed E-state index contributed by atoms with van der Waals surface area (Å²) in [6.07, 6.45) is 3.71. The van der Waals surface area contributed by atoms with E-state index in [9.17, 15) is 18.8 Å². The molecule has 1 atom stereocenters. The maximum Gasteiger partial charge on any atom is 0.337 e. The van der Waals surface area contributed by atoms with Gasteiger partial charge in [0.25, 0.3) is 0 Å². The highest BCUT2D eigenvalue weighted by Gasteiger charge is 2.35. The number of hydrogen-bond acceptors (Lipinski definition) is 6. The van der Waals surface area contributed by atoms with Gasteiger partial charge in [-0.2, -0.15) is 0 Å². The van der Waals surface area contributed by atoms with Crippen molar-refractivity contribution in [2.24, 2.45) is 0 Å². The molecule has 1 aromatic heterocycles. The lowest BCUT2D eigenvalue weighted by atomic mass is 10.0. The molecule has 5 rings (SSSR count). The van der Waals surface area contributed by atoms with Gasteiger partial charge in [-0.15, -0.1) is 5.10 Å². The molecule has 0 spiro atoms. The molecule has 1 N–H and O–H groups in total. The molecule has 1 unspecified atom stereocenters. The zero-order valence-electron chi connectivity index (χ0n) is 21.4. The molecule has 1 fully saturated rings. The van der Waals surface area contributed by atoms with Crippen LogP contribution in [0.15, 0.2) is 72.8 Å². The minimum Gasteiger partial charge on any atom is -0.465 e. The maximum absolute atomic E-state index is 14.1. The van der Waals surface area contributed by atoms with Crippen LogP contribution in [-0.4, -0.2) is 45.9 Å². The van der Waals surface area contributed by atoms with Gasteiger partial charge >= 0.3 is 5.97 Å². The fourth-order valence-electron chi connectivity index (χ4n) is 4.99. The molecular formula is C29H28FN5O4. The van der Waals surface area contributed by atoms with Gasteiger partial charge in [0.2, 0.25) is 11.8 Å². The van der Waals surface area contributed by atoms with Gasteiger partial charge in [-0.25, -0.2) is 13.9 Å². The predicted octanol–water partition coefficient (Wildman–Crippen LogP) is 4.19. The van der Waals surface area contributed by atoms with Gasteiger partial charge in [-0.3, -0.25) is 14.5 Å². The third-order valence-corrected chi connectivity index (χ3v) is 6.91. The summed E-state index contributed by atoms with van der Waals surface area (Å²) in [5.74, 6) is -1.91. The van der Waals surface area contributed by atoms with Gasteiger partial charge in [0.1, 0.15) is 23.9 Å². The lowest BCUT2D eigenvalue weighted by molar-refractivity contribution is -0.127. The number of methoxy groups -OCH3 is 1. The average molecular weight is 530 g/mol. The Morgan fingerprint density at radius 2 is 1.79 bits per heavy atom. The van der Waals surface area contributed by atoms with Crippen molar-refractivity contribution in [3.63, 3.8) is 0 Å². The molecule has 3 aromatic carbocycles. The standard InChI is InChI=1S/C29H28FN5O4/c1-39-29(38)20-7-6-10-23(17-20)35(26(36)18-34-25-12-5-4-11-24(25)32-33-34)27(19-13-15-21(30)16-14-19)28(37)31-22-8-2-3-9-22/h4-7,10-17,22,27H,2-3,8-9,18H2,1H3,(H,31,37). The van der Waals surface area contributed by atoms with Gasteiger partial charge in [0, 0.05) is 11.7 Å². The number of para-hydroxylation sites is 1. The van der Waals surface area contributed by atoms with Crippen molar-refractivity contribution in [3.8, 4) is 0 Å². The largest absolute Gasteiger partial charge is 0.465 e. The number of nitrogens with zero attached hydrogens (tertiary/aromatic N) is 4. The lowest BCUT2D eigenvalue weighted by Gasteiger charge is -2.32. The highest BCUT2D eigenvalue weighted by atomic mass is 19.1. The second-order valence-corrected chi connectivity index (χ2v) is 9.49. The normalized spacial score (nSPS) is 14.2. The average Bonchev–Trinajstić information content (AvgIpc) is 3.62. The van der Waals surface area contributed by atoms with E-state index in [1.807, 2.05) is 12.1 Å². The number of anilines is 1. The maximum atomic E-state index is 14.1. The molecule has 10 heteroatoms. The Bertz CT molecular complexity index is 1500. The van der Waals surface area contributed by atoms with Crippen LogP contribution in [0.3, 0.4) is 0 Å². The number of nitrogens with one attached hydrogen (secondary N) is 1. The SMILES string of the molecule is COC(=O)c1cccc(N(C(=O)Cn2nnc3ccccc32)C(C(=O)NC2CCCC2)c2ccc(F)cc2)c1. The number of benzene rings is 3. The van der Waals surface area contributed by atoms with E-state index in [0.29, 0.717) is 22.3 Å². The molecule has 200 valence electrons. The highest BCUT2D eigenvalue weighted by Crippen LogP contribution is 2.31. The number of carbonyl (C=O) groups is 3. The molecular weight excluding hydrogens is 501 g/mol. The number of rotatable bonds is 8. The van der Waals surface area contributed by atoms with Crippen LogP contribution in [0.5, 0.6) is 0 Å². The summed E-state index contributed by atoms with van der Waals surface area (Å²) < 4.78 is 20.2. The van der Waals surface area contributed by atoms with Gasteiger partial charge in [-0.1, -0.05) is 48.4 Å². The van der Waals surface area contributed by atoms with E-state index in [0.717, 1.165) is 25.7 Å². The molecule has 39 heavy (non-hydrogen) atoms. The van der Waals surface area contributed by atoms with Crippen molar-refractivity contribution in [2.45, 2.75) is 44.3 Å². The van der Waals surface area contributed by atoms with Crippen LogP contribution in [0.1, 0.15) is 47.6 Å². The minimum absolute atomic E-state index is 0.0157. The third kappa shape index (κ3) is 5.64. The number of hydrogen-bond donors (Lipinski definition) is 1. The fourth-order valence-corrected chi connectivity index (χ4v) is 4.99. The summed E-state index contributed by atoms with van der Waals surface area (Å²) in [6.45, 7) is -0.225. The van der Waals surface area contributed by atoms with Crippen molar-refractivity contribution in [1.82, 2.24) is 20.3 Å². The van der Waals surface area contributed by atoms with Gasteiger partial charge < -0.3 is 10.1 Å². The highest BCUT2D eigenvalue weighted by molar-refractivity contribution is 6.02. The van der Waals surface area contributed by atoms with Crippen LogP contribution in [0.4, 0.5) is 10.1 Å². The second-order valence-electron chi connectivity index (χ2n) is 9.49. The summed E-state index contributed by atoms with van der Waals surface area (Å²) in [4.78, 5) is 41.6. The third-order valence-electron chi connectivity index (χ3n) is 6.91. The summed E-state index contributed by atoms with van der Waals surface area (Å²) in [5.41, 5.74) is 2.23. The van der Waals surface area contributed by atoms with Crippen LogP contribution in [0.2, 0.25) is 0 Å². The number of amides is 2. The molecule has 4 aromatic rings. The number of aromatic nitrogens is 3. The molecule has 1 aliphatic carbocycles. The zero-order chi connectivity index (χ0) is 27.4. The Balaban J connectivity index is 1.60. The molecule has 0 aliphatic heterocycles. The van der Waals surface area contributed by atoms with E-state index in [1.165, 1.54) is 47.0 Å². The van der Waals surface area contributed by atoms with E-state index in [-0.39, 0.29) is 18.2 Å². The number of fused-ring (bicyclic) bond motifs is 1. The Hall–Kier alpha value is -4.60. The molecule has 0 bridgehead atoms. The summed E-state index contributed by atoms with van der Waals surface area (Å²) >= 11 is 0. The van der Waals surface area contributed by atoms with E-state index in [1.54, 1.807) is 30.3 Å². The van der Waals surface area contributed by atoms with Crippen molar-refractivity contribution in [3.05, 3.63) is 89.7 Å². The second kappa shape index (κ2) is 11.4. The van der Waals surface area contributed by atoms with Crippen molar-refractivity contribution in [1.29, 1.82) is 0 Å². The van der Waals surface area contributed by atoms with E-state index in [2.05, 4.69) is 15.6 Å². The number of carbonyl (C=O) groups excluding carboxylic acids is 3. The molecule has 2 amide bonds. The Morgan fingerprint density at radius 1 is 1.05 bits per heavy atom.